The van der Waals surface area contributed by atoms with Crippen LogP contribution in [0.3, 0.4) is 0 Å². The lowest BCUT2D eigenvalue weighted by molar-refractivity contribution is -0.137. The quantitative estimate of drug-likeness (QED) is 0.755. The molecule has 0 atom stereocenters. The Morgan fingerprint density at radius 1 is 1.44 bits per heavy atom. The van der Waals surface area contributed by atoms with E-state index in [1.165, 1.54) is 23.1 Å². The van der Waals surface area contributed by atoms with E-state index in [0.717, 1.165) is 0 Å². The van der Waals surface area contributed by atoms with Crippen molar-refractivity contribution in [2.75, 3.05) is 24.5 Å². The summed E-state index contributed by atoms with van der Waals surface area (Å²) in [5, 5.41) is 2.38. The summed E-state index contributed by atoms with van der Waals surface area (Å²) in [6.07, 6.45) is 0. The molecule has 0 heterocycles. The molecule has 0 aliphatic rings. The van der Waals surface area contributed by atoms with Crippen LogP contribution in [0, 0.1) is 5.82 Å². The minimum absolute atomic E-state index is 0.227. The summed E-state index contributed by atoms with van der Waals surface area (Å²) >= 11 is 0. The average Bonchev–Trinajstić information content (AvgIpc) is 2.36. The summed E-state index contributed by atoms with van der Waals surface area (Å²) in [4.78, 5) is 24.6. The molecule has 0 unspecified atom stereocenters. The lowest BCUT2D eigenvalue weighted by Crippen LogP contribution is -2.44. The summed E-state index contributed by atoms with van der Waals surface area (Å²) in [5.74, 6) is -1.93. The summed E-state index contributed by atoms with van der Waals surface area (Å²) < 4.78 is 13.1. The van der Waals surface area contributed by atoms with Crippen molar-refractivity contribution in [1.82, 2.24) is 5.32 Å². The minimum atomic E-state index is -0.744. The third kappa shape index (κ3) is 3.53. The molecule has 0 saturated carbocycles. The van der Waals surface area contributed by atoms with Crippen LogP contribution in [0.25, 0.3) is 0 Å². The summed E-state index contributed by atoms with van der Waals surface area (Å²) in [6.45, 7) is 2.47. The highest BCUT2D eigenvalue weighted by molar-refractivity contribution is 6.40. The molecule has 0 aliphatic carbocycles. The van der Waals surface area contributed by atoms with E-state index >= 15 is 0 Å². The number of hydrogen-bond donors (Lipinski definition) is 2. The second kappa shape index (κ2) is 6.70. The fraction of sp³-hybridized carbons (Fsp3) is 0.333. The van der Waals surface area contributed by atoms with Gasteiger partial charge in [-0.2, -0.15) is 0 Å². The highest BCUT2D eigenvalue weighted by Gasteiger charge is 2.21. The number of hydrogen-bond acceptors (Lipinski definition) is 3. The van der Waals surface area contributed by atoms with Crippen LogP contribution in [0.1, 0.15) is 6.92 Å². The number of benzene rings is 1. The normalized spacial score (nSPS) is 9.94. The first kappa shape index (κ1) is 14.1. The minimum Gasteiger partial charge on any atom is -0.347 e. The first-order valence-electron chi connectivity index (χ1n) is 5.65. The van der Waals surface area contributed by atoms with Gasteiger partial charge in [0.15, 0.2) is 0 Å². The van der Waals surface area contributed by atoms with Gasteiger partial charge in [-0.25, -0.2) is 4.39 Å². The van der Waals surface area contributed by atoms with E-state index in [9.17, 15) is 14.0 Å². The van der Waals surface area contributed by atoms with Crippen molar-refractivity contribution in [2.45, 2.75) is 6.92 Å². The molecule has 0 aromatic heterocycles. The first-order valence-corrected chi connectivity index (χ1v) is 5.65. The number of halogens is 1. The zero-order valence-corrected chi connectivity index (χ0v) is 10.1. The molecule has 2 amide bonds. The third-order valence-electron chi connectivity index (χ3n) is 2.31. The molecule has 0 bridgehead atoms. The van der Waals surface area contributed by atoms with Crippen molar-refractivity contribution < 1.29 is 14.0 Å². The SMILES string of the molecule is CCN(C(=O)C(=O)NCCN)c1cccc(F)c1. The van der Waals surface area contributed by atoms with Crippen LogP contribution >= 0.6 is 0 Å². The van der Waals surface area contributed by atoms with E-state index in [0.29, 0.717) is 5.69 Å². The number of anilines is 1. The van der Waals surface area contributed by atoms with Crippen LogP contribution < -0.4 is 16.0 Å². The highest BCUT2D eigenvalue weighted by Crippen LogP contribution is 2.15. The molecule has 3 N–H and O–H groups in total. The van der Waals surface area contributed by atoms with Gasteiger partial charge in [-0.3, -0.25) is 9.59 Å². The summed E-state index contributed by atoms with van der Waals surface area (Å²) in [7, 11) is 0. The van der Waals surface area contributed by atoms with E-state index in [-0.39, 0.29) is 19.6 Å². The Labute approximate surface area is 105 Å². The third-order valence-corrected chi connectivity index (χ3v) is 2.31. The summed E-state index contributed by atoms with van der Waals surface area (Å²) in [6, 6.07) is 5.53. The lowest BCUT2D eigenvalue weighted by Gasteiger charge is -2.20. The number of nitrogens with one attached hydrogen (secondary N) is 1. The Bertz CT molecular complexity index is 437. The van der Waals surface area contributed by atoms with E-state index in [2.05, 4.69) is 5.32 Å². The van der Waals surface area contributed by atoms with E-state index < -0.39 is 17.6 Å². The zero-order valence-electron chi connectivity index (χ0n) is 10.1. The van der Waals surface area contributed by atoms with Gasteiger partial charge < -0.3 is 16.0 Å². The molecular weight excluding hydrogens is 237 g/mol. The van der Waals surface area contributed by atoms with E-state index in [4.69, 9.17) is 5.73 Å². The topological polar surface area (TPSA) is 75.4 Å². The smallest absolute Gasteiger partial charge is 0.316 e. The molecule has 0 saturated heterocycles. The Balaban J connectivity index is 2.83. The maximum absolute atomic E-state index is 13.1. The highest BCUT2D eigenvalue weighted by atomic mass is 19.1. The van der Waals surface area contributed by atoms with Gasteiger partial charge in [0.05, 0.1) is 0 Å². The number of nitrogens with two attached hydrogens (primary N) is 1. The Kier molecular flexibility index (Phi) is 5.26. The monoisotopic (exact) mass is 253 g/mol. The first-order chi connectivity index (χ1) is 8.60. The van der Waals surface area contributed by atoms with Crippen molar-refractivity contribution in [3.8, 4) is 0 Å². The molecule has 0 aliphatic heterocycles. The van der Waals surface area contributed by atoms with Gasteiger partial charge in [0.2, 0.25) is 0 Å². The number of likely N-dealkylation sites (N-methyl/N-ethyl adjacent to an activating group) is 1. The van der Waals surface area contributed by atoms with Crippen LogP contribution in [0.2, 0.25) is 0 Å². The predicted molar refractivity (Wildman–Crippen MR) is 66.5 cm³/mol. The number of nitrogens with zero attached hydrogens (tertiary/aromatic N) is 1. The van der Waals surface area contributed by atoms with Crippen molar-refractivity contribution in [1.29, 1.82) is 0 Å². The molecule has 5 nitrogen and oxygen atoms in total. The van der Waals surface area contributed by atoms with E-state index in [1.807, 2.05) is 0 Å². The van der Waals surface area contributed by atoms with Crippen LogP contribution in [0.15, 0.2) is 24.3 Å². The van der Waals surface area contributed by atoms with Crippen LogP contribution in [-0.2, 0) is 9.59 Å². The van der Waals surface area contributed by atoms with Gasteiger partial charge in [0, 0.05) is 25.3 Å². The van der Waals surface area contributed by atoms with Crippen molar-refractivity contribution in [3.63, 3.8) is 0 Å². The second-order valence-electron chi connectivity index (χ2n) is 3.57. The largest absolute Gasteiger partial charge is 0.347 e. The van der Waals surface area contributed by atoms with Gasteiger partial charge in [-0.15, -0.1) is 0 Å². The molecule has 18 heavy (non-hydrogen) atoms. The molecule has 0 radical (unpaired) electrons. The number of carbonyl (C=O) groups excluding carboxylic acids is 2. The van der Waals surface area contributed by atoms with Gasteiger partial charge in [0.1, 0.15) is 5.82 Å². The molecular formula is C12H16FN3O2. The lowest BCUT2D eigenvalue weighted by atomic mass is 10.2. The number of amides is 2. The van der Waals surface area contributed by atoms with Gasteiger partial charge in [-0.05, 0) is 25.1 Å². The number of rotatable bonds is 4. The van der Waals surface area contributed by atoms with Crippen LogP contribution in [-0.4, -0.2) is 31.4 Å². The van der Waals surface area contributed by atoms with Gasteiger partial charge >= 0.3 is 11.8 Å². The van der Waals surface area contributed by atoms with Crippen LogP contribution in [0.4, 0.5) is 10.1 Å². The van der Waals surface area contributed by atoms with Crippen molar-refractivity contribution in [3.05, 3.63) is 30.1 Å². The van der Waals surface area contributed by atoms with Crippen LogP contribution in [0.5, 0.6) is 0 Å². The number of carbonyl (C=O) groups is 2. The molecule has 1 rings (SSSR count). The van der Waals surface area contributed by atoms with Crippen molar-refractivity contribution in [2.24, 2.45) is 5.73 Å². The van der Waals surface area contributed by atoms with Gasteiger partial charge in [-0.1, -0.05) is 6.07 Å². The molecule has 6 heteroatoms. The predicted octanol–water partition coefficient (Wildman–Crippen LogP) is 0.253. The Hall–Kier alpha value is -1.95. The maximum atomic E-state index is 13.1. The van der Waals surface area contributed by atoms with E-state index in [1.54, 1.807) is 13.0 Å². The maximum Gasteiger partial charge on any atom is 0.316 e. The molecule has 1 aromatic rings. The zero-order chi connectivity index (χ0) is 13.5. The molecule has 0 fully saturated rings. The fourth-order valence-corrected chi connectivity index (χ4v) is 1.47. The second-order valence-corrected chi connectivity index (χ2v) is 3.57. The van der Waals surface area contributed by atoms with Gasteiger partial charge in [0.25, 0.3) is 0 Å². The fourth-order valence-electron chi connectivity index (χ4n) is 1.47. The Morgan fingerprint density at radius 2 is 2.17 bits per heavy atom. The standard InChI is InChI=1S/C12H16FN3O2/c1-2-16(10-5-3-4-9(13)8-10)12(18)11(17)15-7-6-14/h3-5,8H,2,6-7,14H2,1H3,(H,15,17). The summed E-state index contributed by atoms with van der Waals surface area (Å²) in [5.41, 5.74) is 5.58. The molecule has 1 aromatic carbocycles. The Morgan fingerprint density at radius 3 is 2.72 bits per heavy atom. The molecule has 98 valence electrons. The van der Waals surface area contributed by atoms with Crippen molar-refractivity contribution >= 4 is 17.5 Å². The molecule has 0 spiro atoms. The average molecular weight is 253 g/mol.